The van der Waals surface area contributed by atoms with E-state index >= 15 is 0 Å². The second-order valence-electron chi connectivity index (χ2n) is 7.90. The van der Waals surface area contributed by atoms with E-state index in [0.717, 1.165) is 51.9 Å². The molecule has 162 valence electrons. The van der Waals surface area contributed by atoms with Gasteiger partial charge in [-0.3, -0.25) is 4.90 Å². The molecule has 1 aliphatic heterocycles. The minimum atomic E-state index is -0.290. The van der Waals surface area contributed by atoms with E-state index in [0.29, 0.717) is 6.61 Å². The van der Waals surface area contributed by atoms with Crippen molar-refractivity contribution in [1.82, 2.24) is 4.90 Å². The van der Waals surface area contributed by atoms with E-state index in [1.807, 2.05) is 6.07 Å². The van der Waals surface area contributed by atoms with Crippen molar-refractivity contribution in [2.45, 2.75) is 51.0 Å². The first-order valence-corrected chi connectivity index (χ1v) is 10.8. The molecule has 0 unspecified atom stereocenters. The first kappa shape index (κ1) is 22.6. The highest BCUT2D eigenvalue weighted by molar-refractivity contribution is 5.44. The monoisotopic (exact) mass is 411 g/mol. The van der Waals surface area contributed by atoms with Crippen LogP contribution in [0.1, 0.15) is 36.5 Å². The van der Waals surface area contributed by atoms with Gasteiger partial charge in [0.25, 0.3) is 0 Å². The summed E-state index contributed by atoms with van der Waals surface area (Å²) in [5, 5.41) is 10.4. The van der Waals surface area contributed by atoms with Gasteiger partial charge in [0.05, 0.1) is 32.0 Å². The standard InChI is InChI=1S/C23H29NO3.C2H4O/c25-23-16-21(15-22(23)24-10-12-26-13-11-24)27-17-20-8-6-19(7-9-20)14-18-4-2-1-3-5-18;1-2-3/h1-9,21-23,25H,10-17H2;2H,1H3/t21-,22-,23-;/m0./s1. The highest BCUT2D eigenvalue weighted by Crippen LogP contribution is 2.28. The Hall–Kier alpha value is -2.05. The van der Waals surface area contributed by atoms with Crippen LogP contribution in [-0.4, -0.2) is 60.8 Å². The van der Waals surface area contributed by atoms with Crippen molar-refractivity contribution in [2.24, 2.45) is 0 Å². The summed E-state index contributed by atoms with van der Waals surface area (Å²) in [7, 11) is 0. The molecule has 0 radical (unpaired) electrons. The van der Waals surface area contributed by atoms with E-state index in [1.165, 1.54) is 23.6 Å². The van der Waals surface area contributed by atoms with E-state index in [2.05, 4.69) is 53.4 Å². The van der Waals surface area contributed by atoms with Crippen LogP contribution in [0.2, 0.25) is 0 Å². The molecule has 0 bridgehead atoms. The van der Waals surface area contributed by atoms with Crippen LogP contribution in [-0.2, 0) is 27.3 Å². The molecule has 1 aliphatic carbocycles. The summed E-state index contributed by atoms with van der Waals surface area (Å²) in [6.07, 6.45) is 3.19. The topological polar surface area (TPSA) is 59.0 Å². The number of nitrogens with zero attached hydrogens (tertiary/aromatic N) is 1. The number of benzene rings is 2. The van der Waals surface area contributed by atoms with E-state index in [4.69, 9.17) is 14.3 Å². The molecule has 2 aromatic rings. The highest BCUT2D eigenvalue weighted by atomic mass is 16.5. The lowest BCUT2D eigenvalue weighted by Gasteiger charge is -2.33. The average Bonchev–Trinajstić information content (AvgIpc) is 3.16. The number of morpholine rings is 1. The van der Waals surface area contributed by atoms with Gasteiger partial charge in [-0.1, -0.05) is 54.6 Å². The quantitative estimate of drug-likeness (QED) is 0.740. The number of hydrogen-bond donors (Lipinski definition) is 1. The Kier molecular flexibility index (Phi) is 9.02. The van der Waals surface area contributed by atoms with Crippen molar-refractivity contribution in [2.75, 3.05) is 26.3 Å². The molecule has 2 fully saturated rings. The number of aldehydes is 1. The number of ether oxygens (including phenoxy) is 2. The Morgan fingerprint density at radius 2 is 1.60 bits per heavy atom. The maximum Gasteiger partial charge on any atom is 0.116 e. The zero-order valence-electron chi connectivity index (χ0n) is 17.8. The number of hydrogen-bond acceptors (Lipinski definition) is 5. The lowest BCUT2D eigenvalue weighted by atomic mass is 10.0. The van der Waals surface area contributed by atoms with Gasteiger partial charge in [-0.15, -0.1) is 0 Å². The zero-order chi connectivity index (χ0) is 21.2. The summed E-state index contributed by atoms with van der Waals surface area (Å²) < 4.78 is 11.5. The first-order chi connectivity index (χ1) is 14.7. The Morgan fingerprint density at radius 3 is 2.27 bits per heavy atom. The number of carbonyl (C=O) groups excluding carboxylic acids is 1. The summed E-state index contributed by atoms with van der Waals surface area (Å²) >= 11 is 0. The van der Waals surface area contributed by atoms with Gasteiger partial charge < -0.3 is 19.4 Å². The van der Waals surface area contributed by atoms with E-state index in [9.17, 15) is 5.11 Å². The predicted octanol–water partition coefficient (Wildman–Crippen LogP) is 3.22. The van der Waals surface area contributed by atoms with Gasteiger partial charge in [0.1, 0.15) is 6.29 Å². The van der Waals surface area contributed by atoms with Gasteiger partial charge >= 0.3 is 0 Å². The molecule has 1 heterocycles. The van der Waals surface area contributed by atoms with Crippen molar-refractivity contribution >= 4 is 6.29 Å². The van der Waals surface area contributed by atoms with E-state index < -0.39 is 0 Å². The molecule has 5 heteroatoms. The predicted molar refractivity (Wildman–Crippen MR) is 117 cm³/mol. The lowest BCUT2D eigenvalue weighted by molar-refractivity contribution is -0.106. The third-order valence-electron chi connectivity index (χ3n) is 5.73. The van der Waals surface area contributed by atoms with Crippen LogP contribution in [0.4, 0.5) is 0 Å². The molecule has 1 N–H and O–H groups in total. The molecule has 3 atom stereocenters. The average molecular weight is 412 g/mol. The molecule has 30 heavy (non-hydrogen) atoms. The van der Waals surface area contributed by atoms with Crippen LogP contribution >= 0.6 is 0 Å². The minimum Gasteiger partial charge on any atom is -0.391 e. The minimum absolute atomic E-state index is 0.136. The fraction of sp³-hybridized carbons (Fsp3) is 0.480. The van der Waals surface area contributed by atoms with Gasteiger partial charge in [-0.25, -0.2) is 0 Å². The SMILES string of the molecule is CC=O.O[C@H]1C[C@@H](OCc2ccc(Cc3ccccc3)cc2)C[C@@H]1N1CCOCC1. The molecular formula is C25H33NO4. The molecule has 0 aromatic heterocycles. The molecule has 4 rings (SSSR count). The second-order valence-corrected chi connectivity index (χ2v) is 7.90. The Balaban J connectivity index is 0.000000806. The molecule has 0 amide bonds. The van der Waals surface area contributed by atoms with Crippen LogP contribution < -0.4 is 0 Å². The van der Waals surface area contributed by atoms with Gasteiger partial charge in [0.15, 0.2) is 0 Å². The fourth-order valence-electron chi connectivity index (χ4n) is 4.19. The summed E-state index contributed by atoms with van der Waals surface area (Å²) in [4.78, 5) is 11.2. The van der Waals surface area contributed by atoms with Gasteiger partial charge in [0.2, 0.25) is 0 Å². The Morgan fingerprint density at radius 1 is 1.00 bits per heavy atom. The van der Waals surface area contributed by atoms with Gasteiger partial charge in [-0.05, 0) is 36.5 Å². The van der Waals surface area contributed by atoms with Gasteiger partial charge in [0, 0.05) is 25.6 Å². The summed E-state index contributed by atoms with van der Waals surface area (Å²) in [6, 6.07) is 19.4. The fourth-order valence-corrected chi connectivity index (χ4v) is 4.19. The molecule has 5 nitrogen and oxygen atoms in total. The number of aliphatic hydroxyl groups is 1. The second kappa shape index (κ2) is 12.0. The van der Waals surface area contributed by atoms with E-state index in [-0.39, 0.29) is 18.2 Å². The molecular weight excluding hydrogens is 378 g/mol. The van der Waals surface area contributed by atoms with Crippen LogP contribution in [0.5, 0.6) is 0 Å². The smallest absolute Gasteiger partial charge is 0.116 e. The number of aliphatic hydroxyl groups excluding tert-OH is 1. The van der Waals surface area contributed by atoms with Crippen molar-refractivity contribution in [1.29, 1.82) is 0 Å². The maximum atomic E-state index is 10.4. The van der Waals surface area contributed by atoms with Crippen LogP contribution in [0.15, 0.2) is 54.6 Å². The normalized spacial score (nSPS) is 24.1. The molecule has 2 aliphatic rings. The third kappa shape index (κ3) is 6.74. The third-order valence-corrected chi connectivity index (χ3v) is 5.73. The van der Waals surface area contributed by atoms with Crippen molar-refractivity contribution < 1.29 is 19.4 Å². The summed E-state index contributed by atoms with van der Waals surface area (Å²) in [5.74, 6) is 0. The largest absolute Gasteiger partial charge is 0.391 e. The Labute approximate surface area is 179 Å². The molecule has 0 spiro atoms. The van der Waals surface area contributed by atoms with Crippen molar-refractivity contribution in [3.8, 4) is 0 Å². The summed E-state index contributed by atoms with van der Waals surface area (Å²) in [5.41, 5.74) is 3.83. The van der Waals surface area contributed by atoms with Crippen molar-refractivity contribution in [3.63, 3.8) is 0 Å². The van der Waals surface area contributed by atoms with Crippen LogP contribution in [0.3, 0.4) is 0 Å². The van der Waals surface area contributed by atoms with Crippen LogP contribution in [0.25, 0.3) is 0 Å². The zero-order valence-corrected chi connectivity index (χ0v) is 17.8. The van der Waals surface area contributed by atoms with E-state index in [1.54, 1.807) is 0 Å². The van der Waals surface area contributed by atoms with Gasteiger partial charge in [-0.2, -0.15) is 0 Å². The highest BCUT2D eigenvalue weighted by Gasteiger charge is 2.37. The van der Waals surface area contributed by atoms with Crippen LogP contribution in [0, 0.1) is 0 Å². The first-order valence-electron chi connectivity index (χ1n) is 10.8. The number of rotatable bonds is 6. The Bertz CT molecular complexity index is 744. The number of carbonyl (C=O) groups is 1. The molecule has 1 saturated carbocycles. The molecule has 1 saturated heterocycles. The summed E-state index contributed by atoms with van der Waals surface area (Å²) in [6.45, 7) is 5.42. The maximum absolute atomic E-state index is 10.4. The van der Waals surface area contributed by atoms with Crippen molar-refractivity contribution in [3.05, 3.63) is 71.3 Å². The molecule has 2 aromatic carbocycles. The lowest BCUT2D eigenvalue weighted by Crippen LogP contribution is -2.46.